The van der Waals surface area contributed by atoms with Gasteiger partial charge in [0.05, 0.1) is 37.0 Å². The zero-order valence-electron chi connectivity index (χ0n) is 31.9. The molecular weight excluding hydrogens is 770 g/mol. The van der Waals surface area contributed by atoms with Crippen LogP contribution in [-0.2, 0) is 54.1 Å². The maximum Gasteiger partial charge on any atom is 0.339 e. The normalized spacial score (nSPS) is 26.4. The lowest BCUT2D eigenvalue weighted by Crippen LogP contribution is -2.69. The van der Waals surface area contributed by atoms with Crippen molar-refractivity contribution in [3.63, 3.8) is 0 Å². The molecule has 0 aliphatic carbocycles. The highest BCUT2D eigenvalue weighted by molar-refractivity contribution is 5.91. The molecule has 59 heavy (non-hydrogen) atoms. The van der Waals surface area contributed by atoms with Gasteiger partial charge in [-0.25, -0.2) is 19.2 Å². The van der Waals surface area contributed by atoms with Gasteiger partial charge in [0, 0.05) is 6.92 Å². The number of esters is 4. The Morgan fingerprint density at radius 3 is 1.58 bits per heavy atom. The smallest absolute Gasteiger partial charge is 0.339 e. The minimum Gasteiger partial charge on any atom is -0.467 e. The average Bonchev–Trinajstić information content (AvgIpc) is 3.26. The Kier molecular flexibility index (Phi) is 14.5. The Morgan fingerprint density at radius 2 is 1.10 bits per heavy atom. The summed E-state index contributed by atoms with van der Waals surface area (Å²) in [6, 6.07) is 30.8. The Balaban J connectivity index is 1.44. The molecule has 2 saturated heterocycles. The van der Waals surface area contributed by atoms with Crippen LogP contribution in [0.15, 0.2) is 121 Å². The van der Waals surface area contributed by atoms with Gasteiger partial charge >= 0.3 is 23.9 Å². The number of aliphatic hydroxyl groups excluding tert-OH is 2. The van der Waals surface area contributed by atoms with Crippen molar-refractivity contribution in [3.05, 3.63) is 144 Å². The molecule has 10 atom stereocenters. The topological polar surface area (TPSA) is 212 Å². The van der Waals surface area contributed by atoms with Crippen LogP contribution in [0.2, 0.25) is 0 Å². The van der Waals surface area contributed by atoms with Crippen LogP contribution < -0.4 is 5.32 Å². The van der Waals surface area contributed by atoms with Gasteiger partial charge in [-0.15, -0.1) is 0 Å². The first-order chi connectivity index (χ1) is 28.6. The minimum absolute atomic E-state index is 0.0316. The Bertz CT molecular complexity index is 2020. The van der Waals surface area contributed by atoms with E-state index in [1.54, 1.807) is 78.9 Å². The number of methoxy groups -OCH3 is 1. The largest absolute Gasteiger partial charge is 0.467 e. The predicted molar refractivity (Wildman–Crippen MR) is 203 cm³/mol. The molecular formula is C43H43NO15. The fourth-order valence-corrected chi connectivity index (χ4v) is 6.58. The summed E-state index contributed by atoms with van der Waals surface area (Å²) < 4.78 is 47.5. The van der Waals surface area contributed by atoms with Gasteiger partial charge in [-0.05, 0) is 42.0 Å². The van der Waals surface area contributed by atoms with E-state index in [-0.39, 0.29) is 23.3 Å². The van der Waals surface area contributed by atoms with Gasteiger partial charge in [0.2, 0.25) is 5.91 Å². The number of rotatable bonds is 14. The molecule has 0 bridgehead atoms. The number of nitrogens with one attached hydrogen (secondary N) is 1. The lowest BCUT2D eigenvalue weighted by atomic mass is 9.94. The van der Waals surface area contributed by atoms with Crippen molar-refractivity contribution in [1.29, 1.82) is 0 Å². The highest BCUT2D eigenvalue weighted by atomic mass is 16.8. The summed E-state index contributed by atoms with van der Waals surface area (Å²) in [4.78, 5) is 67.6. The molecule has 2 aliphatic heterocycles. The molecule has 2 heterocycles. The molecule has 1 unspecified atom stereocenters. The molecule has 16 nitrogen and oxygen atoms in total. The van der Waals surface area contributed by atoms with E-state index in [4.69, 9.17) is 37.9 Å². The molecule has 0 aromatic heterocycles. The van der Waals surface area contributed by atoms with Crippen molar-refractivity contribution < 1.29 is 72.1 Å². The molecule has 0 saturated carbocycles. The van der Waals surface area contributed by atoms with Crippen LogP contribution in [-0.4, -0.2) is 115 Å². The van der Waals surface area contributed by atoms with Crippen LogP contribution in [0, 0.1) is 0 Å². The Hall–Kier alpha value is -6.01. The number of benzene rings is 4. The molecule has 16 heteroatoms. The summed E-state index contributed by atoms with van der Waals surface area (Å²) in [5.41, 5.74) is 0.872. The number of carbonyl (C=O) groups is 5. The number of aliphatic hydroxyl groups is 2. The summed E-state index contributed by atoms with van der Waals surface area (Å²) in [5.74, 6) is -4.61. The Labute approximate surface area is 338 Å². The van der Waals surface area contributed by atoms with Gasteiger partial charge < -0.3 is 53.4 Å². The summed E-state index contributed by atoms with van der Waals surface area (Å²) >= 11 is 0. The zero-order valence-corrected chi connectivity index (χ0v) is 31.9. The highest BCUT2D eigenvalue weighted by Crippen LogP contribution is 2.35. The van der Waals surface area contributed by atoms with Crippen molar-refractivity contribution in [2.75, 3.05) is 13.7 Å². The van der Waals surface area contributed by atoms with Gasteiger partial charge in [0.15, 0.2) is 37.0 Å². The molecule has 310 valence electrons. The second kappa shape index (κ2) is 20.1. The Morgan fingerprint density at radius 1 is 0.627 bits per heavy atom. The van der Waals surface area contributed by atoms with Crippen LogP contribution in [0.25, 0.3) is 0 Å². The summed E-state index contributed by atoms with van der Waals surface area (Å²) in [7, 11) is 1.04. The maximum atomic E-state index is 13.9. The number of hydrogen-bond acceptors (Lipinski definition) is 15. The van der Waals surface area contributed by atoms with Crippen LogP contribution in [0.4, 0.5) is 0 Å². The van der Waals surface area contributed by atoms with Crippen LogP contribution in [0.5, 0.6) is 0 Å². The first kappa shape index (κ1) is 42.6. The third-order valence-electron chi connectivity index (χ3n) is 9.46. The summed E-state index contributed by atoms with van der Waals surface area (Å²) in [5, 5.41) is 24.6. The van der Waals surface area contributed by atoms with Crippen LogP contribution in [0.1, 0.15) is 43.6 Å². The third kappa shape index (κ3) is 10.5. The first-order valence-corrected chi connectivity index (χ1v) is 18.6. The maximum absolute atomic E-state index is 13.9. The van der Waals surface area contributed by atoms with E-state index in [1.807, 2.05) is 6.07 Å². The van der Waals surface area contributed by atoms with E-state index >= 15 is 0 Å². The van der Waals surface area contributed by atoms with Gasteiger partial charge in [0.25, 0.3) is 0 Å². The number of amides is 1. The van der Waals surface area contributed by atoms with Gasteiger partial charge in [-0.2, -0.15) is 0 Å². The monoisotopic (exact) mass is 813 g/mol. The zero-order chi connectivity index (χ0) is 41.9. The molecule has 4 aromatic carbocycles. The van der Waals surface area contributed by atoms with E-state index in [0.717, 1.165) is 12.7 Å². The average molecular weight is 814 g/mol. The molecule has 1 amide bonds. The lowest BCUT2D eigenvalue weighted by molar-refractivity contribution is -0.339. The lowest BCUT2D eigenvalue weighted by Gasteiger charge is -2.48. The number of hydrogen-bond donors (Lipinski definition) is 3. The van der Waals surface area contributed by atoms with Crippen molar-refractivity contribution in [1.82, 2.24) is 5.32 Å². The molecule has 3 N–H and O–H groups in total. The van der Waals surface area contributed by atoms with Crippen LogP contribution in [0.3, 0.4) is 0 Å². The van der Waals surface area contributed by atoms with Gasteiger partial charge in [-0.3, -0.25) is 4.79 Å². The molecule has 6 rings (SSSR count). The predicted octanol–water partition coefficient (Wildman–Crippen LogP) is 2.75. The SMILES string of the molecule is COC(=O)[C@H]1O[C@@H](O[C@H]2[C@@H](O)[C@@H](CO)OC(OCc3ccccc3)[C@@H]2NC(C)=O)[C@H](OC(=O)c2ccccc2)[C@@H](OC(=O)c2ccccc2)[C@@H]1OC(=O)c1ccccc1. The quantitative estimate of drug-likeness (QED) is 0.123. The van der Waals surface area contributed by atoms with Crippen LogP contribution >= 0.6 is 0 Å². The highest BCUT2D eigenvalue weighted by Gasteiger charge is 2.58. The van der Waals surface area contributed by atoms with Crippen molar-refractivity contribution in [2.24, 2.45) is 0 Å². The van der Waals surface area contributed by atoms with E-state index in [1.165, 1.54) is 43.3 Å². The fraction of sp³-hybridized carbons (Fsp3) is 0.326. The molecule has 0 radical (unpaired) electrons. The standard InChI is InChI=1S/C43H43NO15/c1-25(46)44-31-33(32(47)30(23-45)54-42(31)53-24-26-15-7-3-8-16-26)58-43-37(57-40(50)29-21-13-6-14-22-29)35(56-39(49)28-19-11-5-12-20-28)34(36(59-43)41(51)52-2)55-38(48)27-17-9-4-10-18-27/h3-22,30-37,42-43,45,47H,23-24H2,1-2H3,(H,44,46)/t30-,31-,32+,33-,34+,35+,36+,37-,42?,43-/m1/s1. The fourth-order valence-electron chi connectivity index (χ4n) is 6.58. The van der Waals surface area contributed by atoms with Crippen molar-refractivity contribution in [3.8, 4) is 0 Å². The van der Waals surface area contributed by atoms with Gasteiger partial charge in [-0.1, -0.05) is 84.9 Å². The third-order valence-corrected chi connectivity index (χ3v) is 9.46. The van der Waals surface area contributed by atoms with Crippen molar-refractivity contribution in [2.45, 2.75) is 74.9 Å². The van der Waals surface area contributed by atoms with E-state index in [9.17, 15) is 34.2 Å². The summed E-state index contributed by atoms with van der Waals surface area (Å²) in [6.07, 6.45) is -15.5. The molecule has 2 fully saturated rings. The second-order valence-electron chi connectivity index (χ2n) is 13.5. The number of ether oxygens (including phenoxy) is 8. The molecule has 2 aliphatic rings. The number of carbonyl (C=O) groups excluding carboxylic acids is 5. The van der Waals surface area contributed by atoms with E-state index in [2.05, 4.69) is 5.32 Å². The van der Waals surface area contributed by atoms with E-state index in [0.29, 0.717) is 0 Å². The minimum atomic E-state index is -1.95. The van der Waals surface area contributed by atoms with Gasteiger partial charge in [0.1, 0.15) is 24.4 Å². The second-order valence-corrected chi connectivity index (χ2v) is 13.5. The molecule has 0 spiro atoms. The summed E-state index contributed by atoms with van der Waals surface area (Å²) in [6.45, 7) is 0.433. The first-order valence-electron chi connectivity index (χ1n) is 18.6. The van der Waals surface area contributed by atoms with E-state index < -0.39 is 97.7 Å². The molecule has 4 aromatic rings. The van der Waals surface area contributed by atoms with Crippen molar-refractivity contribution >= 4 is 29.8 Å².